The number of hydrogen-bond donors (Lipinski definition) is 1. The highest BCUT2D eigenvalue weighted by Crippen LogP contribution is 2.43. The topological polar surface area (TPSA) is 20.2 Å². The average molecular weight is 177 g/mol. The predicted molar refractivity (Wildman–Crippen MR) is 47.7 cm³/mol. The molecular formula is C9H17ClO. The van der Waals surface area contributed by atoms with E-state index in [1.807, 2.05) is 0 Å². The van der Waals surface area contributed by atoms with Gasteiger partial charge in [-0.3, -0.25) is 0 Å². The molecule has 1 aliphatic carbocycles. The minimum Gasteiger partial charge on any atom is -0.377 e. The van der Waals surface area contributed by atoms with Crippen LogP contribution in [0.3, 0.4) is 0 Å². The Morgan fingerprint density at radius 3 is 2.18 bits per heavy atom. The monoisotopic (exact) mass is 176 g/mol. The van der Waals surface area contributed by atoms with Crippen LogP contribution in [-0.4, -0.2) is 10.7 Å². The van der Waals surface area contributed by atoms with Gasteiger partial charge in [0, 0.05) is 5.41 Å². The average Bonchev–Trinajstić information content (AvgIpc) is 2.05. The van der Waals surface area contributed by atoms with Crippen molar-refractivity contribution in [2.24, 2.45) is 5.41 Å². The summed E-state index contributed by atoms with van der Waals surface area (Å²) in [6.45, 7) is 2.12. The second kappa shape index (κ2) is 3.77. The predicted octanol–water partition coefficient (Wildman–Crippen LogP) is 2.90. The van der Waals surface area contributed by atoms with E-state index in [2.05, 4.69) is 6.92 Å². The van der Waals surface area contributed by atoms with Crippen molar-refractivity contribution in [1.29, 1.82) is 0 Å². The Morgan fingerprint density at radius 2 is 1.91 bits per heavy atom. The molecule has 1 N–H and O–H groups in total. The number of hydrogen-bond acceptors (Lipinski definition) is 1. The van der Waals surface area contributed by atoms with Gasteiger partial charge >= 0.3 is 0 Å². The van der Waals surface area contributed by atoms with Gasteiger partial charge in [0.25, 0.3) is 0 Å². The Kier molecular flexibility index (Phi) is 3.20. The van der Waals surface area contributed by atoms with Crippen molar-refractivity contribution >= 4 is 11.6 Å². The Bertz CT molecular complexity index is 117. The van der Waals surface area contributed by atoms with Crippen molar-refractivity contribution in [3.63, 3.8) is 0 Å². The summed E-state index contributed by atoms with van der Waals surface area (Å²) in [6, 6.07) is 0. The Labute approximate surface area is 73.8 Å². The number of aliphatic hydroxyl groups excluding tert-OH is 1. The van der Waals surface area contributed by atoms with Crippen LogP contribution in [0.4, 0.5) is 0 Å². The normalized spacial score (nSPS) is 26.5. The summed E-state index contributed by atoms with van der Waals surface area (Å²) in [5, 5.41) is 9.39. The van der Waals surface area contributed by atoms with E-state index < -0.39 is 5.56 Å². The lowest BCUT2D eigenvalue weighted by Crippen LogP contribution is -2.32. The largest absolute Gasteiger partial charge is 0.377 e. The fourth-order valence-electron chi connectivity index (χ4n) is 2.02. The zero-order valence-corrected chi connectivity index (χ0v) is 7.90. The lowest BCUT2D eigenvalue weighted by atomic mass is 9.73. The van der Waals surface area contributed by atoms with E-state index >= 15 is 0 Å². The molecule has 0 radical (unpaired) electrons. The van der Waals surface area contributed by atoms with E-state index in [-0.39, 0.29) is 5.41 Å². The molecular weight excluding hydrogens is 160 g/mol. The van der Waals surface area contributed by atoms with Crippen LogP contribution in [0.15, 0.2) is 0 Å². The summed E-state index contributed by atoms with van der Waals surface area (Å²) in [7, 11) is 0. The third-order valence-electron chi connectivity index (χ3n) is 3.06. The molecule has 0 aliphatic heterocycles. The maximum Gasteiger partial charge on any atom is 0.133 e. The van der Waals surface area contributed by atoms with Gasteiger partial charge in [-0.05, 0) is 19.3 Å². The summed E-state index contributed by atoms with van der Waals surface area (Å²) in [6.07, 6.45) is 7.00. The molecule has 0 bridgehead atoms. The van der Waals surface area contributed by atoms with Gasteiger partial charge in [0.1, 0.15) is 5.56 Å². The lowest BCUT2D eigenvalue weighted by Gasteiger charge is -2.37. The van der Waals surface area contributed by atoms with Crippen LogP contribution in [-0.2, 0) is 0 Å². The highest BCUT2D eigenvalue weighted by atomic mass is 35.5. The Balaban J connectivity index is 2.57. The van der Waals surface area contributed by atoms with Gasteiger partial charge < -0.3 is 5.11 Å². The third kappa shape index (κ3) is 1.88. The molecule has 1 nitrogen and oxygen atoms in total. The van der Waals surface area contributed by atoms with Gasteiger partial charge in [0.05, 0.1) is 0 Å². The quantitative estimate of drug-likeness (QED) is 0.642. The van der Waals surface area contributed by atoms with E-state index in [9.17, 15) is 5.11 Å². The van der Waals surface area contributed by atoms with Gasteiger partial charge in [-0.25, -0.2) is 0 Å². The van der Waals surface area contributed by atoms with Crippen LogP contribution in [0.5, 0.6) is 0 Å². The van der Waals surface area contributed by atoms with Crippen molar-refractivity contribution in [2.75, 3.05) is 0 Å². The van der Waals surface area contributed by atoms with E-state index in [0.717, 1.165) is 19.3 Å². The summed E-state index contributed by atoms with van der Waals surface area (Å²) < 4.78 is 0. The molecule has 0 amide bonds. The number of alkyl halides is 1. The molecule has 2 heteroatoms. The second-order valence-electron chi connectivity index (χ2n) is 3.61. The third-order valence-corrected chi connectivity index (χ3v) is 3.52. The second-order valence-corrected chi connectivity index (χ2v) is 4.03. The van der Waals surface area contributed by atoms with Crippen molar-refractivity contribution in [1.82, 2.24) is 0 Å². The molecule has 0 aromatic heterocycles. The number of rotatable bonds is 2. The molecule has 1 saturated carbocycles. The SMILES string of the molecule is CCC1(C(O)Cl)CCCCC1. The first-order valence-corrected chi connectivity index (χ1v) is 4.97. The molecule has 1 rings (SSSR count). The molecule has 0 heterocycles. The van der Waals surface area contributed by atoms with E-state index in [4.69, 9.17) is 11.6 Å². The minimum atomic E-state index is -0.632. The van der Waals surface area contributed by atoms with Crippen LogP contribution >= 0.6 is 11.6 Å². The Morgan fingerprint density at radius 1 is 1.36 bits per heavy atom. The van der Waals surface area contributed by atoms with Crippen LogP contribution in [0, 0.1) is 5.41 Å². The first kappa shape index (κ1) is 9.34. The van der Waals surface area contributed by atoms with Crippen molar-refractivity contribution in [3.05, 3.63) is 0 Å². The van der Waals surface area contributed by atoms with E-state index in [1.54, 1.807) is 0 Å². The zero-order valence-electron chi connectivity index (χ0n) is 7.15. The molecule has 0 aromatic carbocycles. The summed E-state index contributed by atoms with van der Waals surface area (Å²) in [4.78, 5) is 0. The molecule has 1 aliphatic rings. The molecule has 0 saturated heterocycles. The first-order valence-electron chi connectivity index (χ1n) is 4.53. The molecule has 0 aromatic rings. The van der Waals surface area contributed by atoms with E-state index in [1.165, 1.54) is 19.3 Å². The van der Waals surface area contributed by atoms with Gasteiger partial charge in [-0.1, -0.05) is 37.8 Å². The molecule has 1 unspecified atom stereocenters. The van der Waals surface area contributed by atoms with Crippen LogP contribution < -0.4 is 0 Å². The summed E-state index contributed by atoms with van der Waals surface area (Å²) >= 11 is 5.77. The van der Waals surface area contributed by atoms with Crippen molar-refractivity contribution in [3.8, 4) is 0 Å². The van der Waals surface area contributed by atoms with Crippen LogP contribution in [0.25, 0.3) is 0 Å². The number of aliphatic hydroxyl groups is 1. The smallest absolute Gasteiger partial charge is 0.133 e. The zero-order chi connectivity index (χ0) is 8.32. The van der Waals surface area contributed by atoms with E-state index in [0.29, 0.717) is 0 Å². The van der Waals surface area contributed by atoms with Crippen molar-refractivity contribution < 1.29 is 5.11 Å². The minimum absolute atomic E-state index is 0.0415. The molecule has 1 fully saturated rings. The fraction of sp³-hybridized carbons (Fsp3) is 1.00. The molecule has 0 spiro atoms. The number of halogens is 1. The summed E-state index contributed by atoms with van der Waals surface area (Å²) in [5.41, 5.74) is -0.590. The first-order chi connectivity index (χ1) is 5.21. The lowest BCUT2D eigenvalue weighted by molar-refractivity contribution is 0.0476. The Hall–Kier alpha value is 0.250. The van der Waals surface area contributed by atoms with Gasteiger partial charge in [-0.2, -0.15) is 0 Å². The van der Waals surface area contributed by atoms with Crippen LogP contribution in [0.2, 0.25) is 0 Å². The van der Waals surface area contributed by atoms with Gasteiger partial charge in [0.15, 0.2) is 0 Å². The standard InChI is InChI=1S/C9H17ClO/c1-2-9(8(10)11)6-4-3-5-7-9/h8,11H,2-7H2,1H3. The summed E-state index contributed by atoms with van der Waals surface area (Å²) in [5.74, 6) is 0. The van der Waals surface area contributed by atoms with Gasteiger partial charge in [-0.15, -0.1) is 0 Å². The molecule has 66 valence electrons. The molecule has 1 atom stereocenters. The maximum absolute atomic E-state index is 9.39. The van der Waals surface area contributed by atoms with Crippen LogP contribution in [0.1, 0.15) is 45.4 Å². The fourth-order valence-corrected chi connectivity index (χ4v) is 2.39. The van der Waals surface area contributed by atoms with Crippen molar-refractivity contribution in [2.45, 2.75) is 51.0 Å². The highest BCUT2D eigenvalue weighted by Gasteiger charge is 2.35. The maximum atomic E-state index is 9.39. The highest BCUT2D eigenvalue weighted by molar-refractivity contribution is 6.20. The molecule has 11 heavy (non-hydrogen) atoms. The van der Waals surface area contributed by atoms with Gasteiger partial charge in [0.2, 0.25) is 0 Å².